The molecule has 2 fully saturated rings. The maximum absolute atomic E-state index is 11.8. The van der Waals surface area contributed by atoms with Crippen molar-refractivity contribution in [2.75, 3.05) is 33.9 Å². The Hall–Kier alpha value is -4.22. The second-order valence-electron chi connectivity index (χ2n) is 15.0. The summed E-state index contributed by atoms with van der Waals surface area (Å²) in [6.07, 6.45) is 4.09. The summed E-state index contributed by atoms with van der Waals surface area (Å²) in [7, 11) is 3.19. The number of methoxy groups -OCH3 is 2. The number of rotatable bonds is 13. The van der Waals surface area contributed by atoms with Gasteiger partial charge in [0.1, 0.15) is 16.9 Å². The van der Waals surface area contributed by atoms with Gasteiger partial charge in [-0.05, 0) is 92.9 Å². The molecule has 0 spiro atoms. The highest BCUT2D eigenvalue weighted by atomic mass is 35.5. The molecule has 2 aromatic carbocycles. The number of carbonyl (C=O) groups excluding carboxylic acids is 1. The number of carboxylic acids is 1. The van der Waals surface area contributed by atoms with E-state index in [-0.39, 0.29) is 6.10 Å². The summed E-state index contributed by atoms with van der Waals surface area (Å²) in [5.41, 5.74) is 7.72. The maximum Gasteiger partial charge on any atom is 0.310 e. The van der Waals surface area contributed by atoms with Crippen molar-refractivity contribution in [2.24, 2.45) is 11.3 Å². The number of nitrogens with zero attached hydrogens (tertiary/aromatic N) is 3. The van der Waals surface area contributed by atoms with Gasteiger partial charge in [0.25, 0.3) is 0 Å². The SMILES string of the molecule is COc1nc(O[C@H]2CCc3c(-c4cccc(-c5cc(C)c(CNC[C@@H]6CCC(=O)C6)c(OC)n5)c4Cl)cccc32)c(Cl)cc1CN1CC[C@@](C)(C(=O)O)C1. The van der Waals surface area contributed by atoms with Crippen molar-refractivity contribution in [3.8, 4) is 40.0 Å². The fourth-order valence-corrected chi connectivity index (χ4v) is 8.74. The first-order valence-electron chi connectivity index (χ1n) is 18.5. The van der Waals surface area contributed by atoms with Crippen molar-refractivity contribution in [1.29, 1.82) is 0 Å². The van der Waals surface area contributed by atoms with Crippen molar-refractivity contribution >= 4 is 35.0 Å². The predicted molar refractivity (Wildman–Crippen MR) is 209 cm³/mol. The Balaban J connectivity index is 1.10. The molecule has 284 valence electrons. The number of benzene rings is 2. The molecule has 1 saturated carbocycles. The zero-order valence-corrected chi connectivity index (χ0v) is 32.6. The van der Waals surface area contributed by atoms with E-state index >= 15 is 0 Å². The molecule has 54 heavy (non-hydrogen) atoms. The van der Waals surface area contributed by atoms with Crippen LogP contribution in [-0.4, -0.2) is 65.6 Å². The quantitative estimate of drug-likeness (QED) is 0.137. The van der Waals surface area contributed by atoms with Gasteiger partial charge in [-0.15, -0.1) is 0 Å². The summed E-state index contributed by atoms with van der Waals surface area (Å²) < 4.78 is 17.9. The highest BCUT2D eigenvalue weighted by Crippen LogP contribution is 2.45. The number of nitrogens with one attached hydrogen (secondary N) is 1. The van der Waals surface area contributed by atoms with Crippen LogP contribution in [0.2, 0.25) is 10.0 Å². The topological polar surface area (TPSA) is 123 Å². The highest BCUT2D eigenvalue weighted by Gasteiger charge is 2.40. The molecule has 3 aliphatic rings. The molecule has 1 aliphatic heterocycles. The first kappa shape index (κ1) is 38.1. The molecule has 7 rings (SSSR count). The highest BCUT2D eigenvalue weighted by molar-refractivity contribution is 6.36. The Morgan fingerprint density at radius 2 is 1.76 bits per heavy atom. The minimum Gasteiger partial charge on any atom is -0.481 e. The number of aromatic nitrogens is 2. The molecule has 0 amide bonds. The lowest BCUT2D eigenvalue weighted by Gasteiger charge is -2.22. The lowest BCUT2D eigenvalue weighted by atomic mass is 9.90. The number of fused-ring (bicyclic) bond motifs is 1. The molecule has 10 nitrogen and oxygen atoms in total. The van der Waals surface area contributed by atoms with E-state index < -0.39 is 11.4 Å². The van der Waals surface area contributed by atoms with Crippen molar-refractivity contribution in [3.05, 3.63) is 86.4 Å². The van der Waals surface area contributed by atoms with Crippen LogP contribution in [0.15, 0.2) is 48.5 Å². The Bertz CT molecular complexity index is 2090. The van der Waals surface area contributed by atoms with E-state index in [9.17, 15) is 14.7 Å². The van der Waals surface area contributed by atoms with Gasteiger partial charge in [-0.3, -0.25) is 14.5 Å². The molecule has 0 bridgehead atoms. The Morgan fingerprint density at radius 3 is 2.48 bits per heavy atom. The van der Waals surface area contributed by atoms with E-state index in [1.54, 1.807) is 21.1 Å². The number of ketones is 1. The van der Waals surface area contributed by atoms with Crippen molar-refractivity contribution < 1.29 is 28.9 Å². The zero-order chi connectivity index (χ0) is 38.1. The fraction of sp³-hybridized carbons (Fsp3) is 0.429. The average molecular weight is 774 g/mol. The minimum atomic E-state index is -0.787. The maximum atomic E-state index is 11.8. The summed E-state index contributed by atoms with van der Waals surface area (Å²) in [5, 5.41) is 14.1. The molecule has 0 radical (unpaired) electrons. The monoisotopic (exact) mass is 772 g/mol. The van der Waals surface area contributed by atoms with Gasteiger partial charge in [0.05, 0.1) is 30.4 Å². The number of aliphatic carboxylic acids is 1. The number of Topliss-reactive ketones (excluding diaryl/α,β-unsaturated/α-hetero) is 1. The van der Waals surface area contributed by atoms with Crippen LogP contribution in [0.4, 0.5) is 0 Å². The van der Waals surface area contributed by atoms with Gasteiger partial charge in [-0.1, -0.05) is 59.6 Å². The van der Waals surface area contributed by atoms with Crippen LogP contribution in [0.3, 0.4) is 0 Å². The first-order valence-corrected chi connectivity index (χ1v) is 19.3. The number of likely N-dealkylation sites (tertiary alicyclic amines) is 1. The molecule has 2 N–H and O–H groups in total. The summed E-state index contributed by atoms with van der Waals surface area (Å²) in [6.45, 7) is 6.80. The average Bonchev–Trinajstić information content (AvgIpc) is 3.88. The molecule has 1 saturated heterocycles. The zero-order valence-electron chi connectivity index (χ0n) is 31.1. The van der Waals surface area contributed by atoms with Crippen LogP contribution >= 0.6 is 23.2 Å². The number of hydrogen-bond acceptors (Lipinski definition) is 9. The van der Waals surface area contributed by atoms with Gasteiger partial charge in [0, 0.05) is 54.7 Å². The molecular formula is C42H46Cl2N4O6. The summed E-state index contributed by atoms with van der Waals surface area (Å²) in [4.78, 5) is 35.1. The standard InChI is InChI=1S/C42H46Cl2N4O6/c1-24-17-35(46-39(53-4)33(24)21-45-20-25-11-12-27(49)18-25)32-10-6-9-31(37(32)44)28-7-5-8-30-29(28)13-14-36(30)54-40-34(43)19-26(38(47-40)52-3)22-48-16-15-42(2,23-48)41(50)51/h5-10,17,19,25,36,45H,11-16,18,20-23H2,1-4H3,(H,50,51)/t25-,36+,42-/m1/s1. The number of carboxylic acid groups (broad SMARTS) is 1. The van der Waals surface area contributed by atoms with Crippen molar-refractivity contribution in [1.82, 2.24) is 20.2 Å². The first-order chi connectivity index (χ1) is 26.0. The molecule has 4 aromatic rings. The third kappa shape index (κ3) is 7.67. The fourth-order valence-electron chi connectivity index (χ4n) is 8.20. The Labute approximate surface area is 326 Å². The van der Waals surface area contributed by atoms with E-state index in [4.69, 9.17) is 42.4 Å². The van der Waals surface area contributed by atoms with Gasteiger partial charge in [0.2, 0.25) is 17.6 Å². The van der Waals surface area contributed by atoms with Crippen molar-refractivity contribution in [3.63, 3.8) is 0 Å². The van der Waals surface area contributed by atoms with Gasteiger partial charge in [-0.25, -0.2) is 4.98 Å². The Morgan fingerprint density at radius 1 is 1.00 bits per heavy atom. The van der Waals surface area contributed by atoms with Crippen LogP contribution in [0, 0.1) is 18.3 Å². The predicted octanol–water partition coefficient (Wildman–Crippen LogP) is 8.26. The molecule has 12 heteroatoms. The second-order valence-corrected chi connectivity index (χ2v) is 15.8. The summed E-state index contributed by atoms with van der Waals surface area (Å²) in [5.74, 6) is 1.19. The molecule has 2 aliphatic carbocycles. The van der Waals surface area contributed by atoms with Gasteiger partial charge in [-0.2, -0.15) is 4.98 Å². The summed E-state index contributed by atoms with van der Waals surface area (Å²) in [6, 6.07) is 16.1. The number of pyridine rings is 2. The van der Waals surface area contributed by atoms with Gasteiger partial charge < -0.3 is 24.6 Å². The van der Waals surface area contributed by atoms with Crippen LogP contribution in [-0.2, 0) is 29.1 Å². The van der Waals surface area contributed by atoms with Gasteiger partial charge >= 0.3 is 5.97 Å². The molecule has 0 unspecified atom stereocenters. The lowest BCUT2D eigenvalue weighted by molar-refractivity contribution is -0.147. The number of ether oxygens (including phenoxy) is 3. The van der Waals surface area contributed by atoms with E-state index in [0.29, 0.717) is 84.8 Å². The molecule has 3 atom stereocenters. The van der Waals surface area contributed by atoms with Crippen LogP contribution in [0.25, 0.3) is 22.4 Å². The van der Waals surface area contributed by atoms with E-state index in [1.165, 1.54) is 0 Å². The largest absolute Gasteiger partial charge is 0.481 e. The van der Waals surface area contributed by atoms with Crippen LogP contribution < -0.4 is 19.5 Å². The Kier molecular flexibility index (Phi) is 11.2. The van der Waals surface area contributed by atoms with E-state index in [1.807, 2.05) is 30.3 Å². The van der Waals surface area contributed by atoms with Crippen LogP contribution in [0.5, 0.6) is 17.6 Å². The number of carbonyl (C=O) groups is 2. The third-order valence-electron chi connectivity index (χ3n) is 11.3. The number of hydrogen-bond donors (Lipinski definition) is 2. The van der Waals surface area contributed by atoms with Crippen molar-refractivity contribution in [2.45, 2.75) is 71.6 Å². The minimum absolute atomic E-state index is 0.277. The van der Waals surface area contributed by atoms with Crippen LogP contribution in [0.1, 0.15) is 72.9 Å². The smallest absolute Gasteiger partial charge is 0.310 e. The lowest BCUT2D eigenvalue weighted by Crippen LogP contribution is -2.31. The normalized spacial score (nSPS) is 21.0. The third-order valence-corrected chi connectivity index (χ3v) is 11.9. The van der Waals surface area contributed by atoms with E-state index in [2.05, 4.69) is 40.3 Å². The molecule has 2 aromatic heterocycles. The molecule has 3 heterocycles. The van der Waals surface area contributed by atoms with Gasteiger partial charge in [0.15, 0.2) is 0 Å². The van der Waals surface area contributed by atoms with E-state index in [0.717, 1.165) is 76.0 Å². The number of aryl methyl sites for hydroxylation is 1. The number of halogens is 2. The second kappa shape index (κ2) is 15.9. The molecular weight excluding hydrogens is 727 g/mol. The summed E-state index contributed by atoms with van der Waals surface area (Å²) >= 11 is 14.0.